The van der Waals surface area contributed by atoms with Crippen LogP contribution in [0.5, 0.6) is 0 Å². The predicted octanol–water partition coefficient (Wildman–Crippen LogP) is -0.293. The lowest BCUT2D eigenvalue weighted by molar-refractivity contribution is -0.163. The SMILES string of the molecule is CC(=O)N1CCO[C@H](C)[C@H]1C(=O)O. The second kappa shape index (κ2) is 3.74. The molecular formula is C8H13NO4. The van der Waals surface area contributed by atoms with Crippen molar-refractivity contribution in [2.75, 3.05) is 13.2 Å². The van der Waals surface area contributed by atoms with Crippen LogP contribution in [0.2, 0.25) is 0 Å². The third-order valence-electron chi connectivity index (χ3n) is 2.15. The van der Waals surface area contributed by atoms with E-state index in [1.54, 1.807) is 6.92 Å². The molecule has 2 atom stereocenters. The van der Waals surface area contributed by atoms with Crippen molar-refractivity contribution in [2.45, 2.75) is 26.0 Å². The molecule has 1 fully saturated rings. The summed E-state index contributed by atoms with van der Waals surface area (Å²) in [5.41, 5.74) is 0. The van der Waals surface area contributed by atoms with Crippen LogP contribution in [0.4, 0.5) is 0 Å². The number of amides is 1. The van der Waals surface area contributed by atoms with Gasteiger partial charge in [0.1, 0.15) is 0 Å². The van der Waals surface area contributed by atoms with E-state index in [9.17, 15) is 9.59 Å². The zero-order chi connectivity index (χ0) is 10.0. The van der Waals surface area contributed by atoms with E-state index in [0.29, 0.717) is 13.2 Å². The van der Waals surface area contributed by atoms with E-state index in [1.807, 2.05) is 0 Å². The molecule has 74 valence electrons. The molecule has 5 nitrogen and oxygen atoms in total. The summed E-state index contributed by atoms with van der Waals surface area (Å²) >= 11 is 0. The first-order chi connectivity index (χ1) is 6.04. The smallest absolute Gasteiger partial charge is 0.329 e. The fraction of sp³-hybridized carbons (Fsp3) is 0.750. The highest BCUT2D eigenvalue weighted by atomic mass is 16.5. The van der Waals surface area contributed by atoms with E-state index in [1.165, 1.54) is 11.8 Å². The Morgan fingerprint density at radius 3 is 2.54 bits per heavy atom. The number of hydrogen-bond acceptors (Lipinski definition) is 3. The molecule has 0 aromatic rings. The fourth-order valence-corrected chi connectivity index (χ4v) is 1.51. The van der Waals surface area contributed by atoms with E-state index in [0.717, 1.165) is 0 Å². The molecular weight excluding hydrogens is 174 g/mol. The number of rotatable bonds is 1. The van der Waals surface area contributed by atoms with Gasteiger partial charge in [0.05, 0.1) is 12.7 Å². The van der Waals surface area contributed by atoms with Crippen LogP contribution in [0, 0.1) is 0 Å². The van der Waals surface area contributed by atoms with Crippen molar-refractivity contribution >= 4 is 11.9 Å². The van der Waals surface area contributed by atoms with E-state index in [2.05, 4.69) is 0 Å². The molecule has 0 aromatic carbocycles. The minimum Gasteiger partial charge on any atom is -0.480 e. The maximum absolute atomic E-state index is 11.1. The molecule has 0 spiro atoms. The van der Waals surface area contributed by atoms with Crippen molar-refractivity contribution in [3.63, 3.8) is 0 Å². The van der Waals surface area contributed by atoms with Crippen molar-refractivity contribution in [1.29, 1.82) is 0 Å². The van der Waals surface area contributed by atoms with Gasteiger partial charge in [0.25, 0.3) is 0 Å². The first-order valence-corrected chi connectivity index (χ1v) is 4.15. The standard InChI is InChI=1S/C8H13NO4/c1-5-7(8(11)12)9(6(2)10)3-4-13-5/h5,7H,3-4H2,1-2H3,(H,11,12)/t5-,7+/m1/s1. The number of carboxylic acids is 1. The number of aliphatic carboxylic acids is 1. The second-order valence-electron chi connectivity index (χ2n) is 3.07. The molecule has 1 amide bonds. The molecule has 1 rings (SSSR count). The van der Waals surface area contributed by atoms with Gasteiger partial charge in [-0.25, -0.2) is 4.79 Å². The van der Waals surface area contributed by atoms with E-state index >= 15 is 0 Å². The molecule has 0 radical (unpaired) electrons. The van der Waals surface area contributed by atoms with Crippen molar-refractivity contribution in [1.82, 2.24) is 4.90 Å². The quantitative estimate of drug-likeness (QED) is 0.612. The van der Waals surface area contributed by atoms with Crippen molar-refractivity contribution < 1.29 is 19.4 Å². The van der Waals surface area contributed by atoms with E-state index < -0.39 is 18.1 Å². The highest BCUT2D eigenvalue weighted by Crippen LogP contribution is 2.14. The minimum atomic E-state index is -1.01. The van der Waals surface area contributed by atoms with Crippen LogP contribution in [0.15, 0.2) is 0 Å². The van der Waals surface area contributed by atoms with E-state index in [4.69, 9.17) is 9.84 Å². The van der Waals surface area contributed by atoms with Gasteiger partial charge in [-0.1, -0.05) is 0 Å². The number of carboxylic acid groups (broad SMARTS) is 1. The summed E-state index contributed by atoms with van der Waals surface area (Å²) in [6, 6.07) is -0.841. The van der Waals surface area contributed by atoms with Crippen LogP contribution in [-0.4, -0.2) is 47.2 Å². The Kier molecular flexibility index (Phi) is 2.87. The van der Waals surface area contributed by atoms with Crippen LogP contribution >= 0.6 is 0 Å². The van der Waals surface area contributed by atoms with Gasteiger partial charge in [0, 0.05) is 13.5 Å². The van der Waals surface area contributed by atoms with Crippen molar-refractivity contribution in [3.05, 3.63) is 0 Å². The van der Waals surface area contributed by atoms with Gasteiger partial charge in [-0.2, -0.15) is 0 Å². The molecule has 5 heteroatoms. The van der Waals surface area contributed by atoms with Gasteiger partial charge in [-0.15, -0.1) is 0 Å². The van der Waals surface area contributed by atoms with E-state index in [-0.39, 0.29) is 5.91 Å². The Hall–Kier alpha value is -1.10. The monoisotopic (exact) mass is 187 g/mol. The number of hydrogen-bond donors (Lipinski definition) is 1. The average Bonchev–Trinajstić information content (AvgIpc) is 2.02. The highest BCUT2D eigenvalue weighted by molar-refractivity contribution is 5.83. The Bertz CT molecular complexity index is 228. The first kappa shape index (κ1) is 9.98. The predicted molar refractivity (Wildman–Crippen MR) is 44.2 cm³/mol. The molecule has 1 aliphatic heterocycles. The molecule has 0 aromatic heterocycles. The normalized spacial score (nSPS) is 28.6. The molecule has 1 N–H and O–H groups in total. The molecule has 0 saturated carbocycles. The Morgan fingerprint density at radius 2 is 2.15 bits per heavy atom. The summed E-state index contributed by atoms with van der Waals surface area (Å²) in [4.78, 5) is 23.2. The maximum atomic E-state index is 11.1. The van der Waals surface area contributed by atoms with Crippen LogP contribution < -0.4 is 0 Å². The minimum absolute atomic E-state index is 0.220. The van der Waals surface area contributed by atoms with Gasteiger partial charge in [-0.3, -0.25) is 4.79 Å². The summed E-state index contributed by atoms with van der Waals surface area (Å²) in [5.74, 6) is -1.23. The molecule has 0 unspecified atom stereocenters. The maximum Gasteiger partial charge on any atom is 0.329 e. The summed E-state index contributed by atoms with van der Waals surface area (Å²) in [6.45, 7) is 3.79. The number of morpholine rings is 1. The number of carbonyl (C=O) groups is 2. The third-order valence-corrected chi connectivity index (χ3v) is 2.15. The third kappa shape index (κ3) is 1.98. The molecule has 0 aliphatic carbocycles. The summed E-state index contributed by atoms with van der Waals surface area (Å²) < 4.78 is 5.16. The van der Waals surface area contributed by atoms with Crippen LogP contribution in [0.3, 0.4) is 0 Å². The first-order valence-electron chi connectivity index (χ1n) is 4.15. The van der Waals surface area contributed by atoms with Crippen LogP contribution in [0.1, 0.15) is 13.8 Å². The van der Waals surface area contributed by atoms with Gasteiger partial charge < -0.3 is 14.7 Å². The fourth-order valence-electron chi connectivity index (χ4n) is 1.51. The Morgan fingerprint density at radius 1 is 1.54 bits per heavy atom. The summed E-state index contributed by atoms with van der Waals surface area (Å²) in [7, 11) is 0. The van der Waals surface area contributed by atoms with Gasteiger partial charge >= 0.3 is 5.97 Å². The number of carbonyl (C=O) groups excluding carboxylic acids is 1. The Labute approximate surface area is 76.3 Å². The molecule has 1 aliphatic rings. The molecule has 13 heavy (non-hydrogen) atoms. The zero-order valence-electron chi connectivity index (χ0n) is 7.69. The lowest BCUT2D eigenvalue weighted by Gasteiger charge is -2.36. The molecule has 1 heterocycles. The van der Waals surface area contributed by atoms with Gasteiger partial charge in [0.15, 0.2) is 6.04 Å². The van der Waals surface area contributed by atoms with Gasteiger partial charge in [-0.05, 0) is 6.92 Å². The highest BCUT2D eigenvalue weighted by Gasteiger charge is 2.36. The number of ether oxygens (including phenoxy) is 1. The van der Waals surface area contributed by atoms with Crippen LogP contribution in [-0.2, 0) is 14.3 Å². The van der Waals surface area contributed by atoms with Crippen LogP contribution in [0.25, 0.3) is 0 Å². The zero-order valence-corrected chi connectivity index (χ0v) is 7.69. The summed E-state index contributed by atoms with van der Waals surface area (Å²) in [5, 5.41) is 8.85. The molecule has 0 bridgehead atoms. The van der Waals surface area contributed by atoms with Crippen molar-refractivity contribution in [3.8, 4) is 0 Å². The molecule has 1 saturated heterocycles. The lowest BCUT2D eigenvalue weighted by atomic mass is 10.1. The van der Waals surface area contributed by atoms with Crippen molar-refractivity contribution in [2.24, 2.45) is 0 Å². The largest absolute Gasteiger partial charge is 0.480 e. The summed E-state index contributed by atoms with van der Waals surface area (Å²) in [6.07, 6.45) is -0.435. The Balaban J connectivity index is 2.80. The van der Waals surface area contributed by atoms with Gasteiger partial charge in [0.2, 0.25) is 5.91 Å². The second-order valence-corrected chi connectivity index (χ2v) is 3.07. The average molecular weight is 187 g/mol. The number of nitrogens with zero attached hydrogens (tertiary/aromatic N) is 1. The topological polar surface area (TPSA) is 66.8 Å². The lowest BCUT2D eigenvalue weighted by Crippen LogP contribution is -2.55.